The van der Waals surface area contributed by atoms with Gasteiger partial charge in [0.15, 0.2) is 17.2 Å². The molecule has 2 heterocycles. The van der Waals surface area contributed by atoms with Crippen molar-refractivity contribution in [1.29, 1.82) is 0 Å². The summed E-state index contributed by atoms with van der Waals surface area (Å²) in [4.78, 5) is 15.3. The molecule has 0 spiro atoms. The number of carboxylic acids is 1. The molecule has 0 fully saturated rings. The van der Waals surface area contributed by atoms with E-state index >= 15 is 0 Å². The summed E-state index contributed by atoms with van der Waals surface area (Å²) in [5, 5.41) is 18.6. The zero-order valence-corrected chi connectivity index (χ0v) is 9.69. The highest BCUT2D eigenvalue weighted by molar-refractivity contribution is 7.98. The van der Waals surface area contributed by atoms with E-state index in [1.165, 1.54) is 18.0 Å². The minimum atomic E-state index is -1.27. The second-order valence-corrected chi connectivity index (χ2v) is 4.04. The lowest BCUT2D eigenvalue weighted by Gasteiger charge is -2.06. The number of nitrogens with zero attached hydrogens (tertiary/aromatic N) is 1. The number of hydrogen-bond donors (Lipinski definition) is 2. The van der Waals surface area contributed by atoms with Crippen LogP contribution in [0.25, 0.3) is 11.5 Å². The van der Waals surface area contributed by atoms with Crippen molar-refractivity contribution in [2.75, 3.05) is 6.26 Å². The molecular weight excluding hydrogens is 242 g/mol. The maximum absolute atomic E-state index is 10.9. The van der Waals surface area contributed by atoms with Gasteiger partial charge in [-0.05, 0) is 24.5 Å². The topological polar surface area (TPSA) is 83.6 Å². The van der Waals surface area contributed by atoms with E-state index in [1.807, 2.05) is 0 Å². The fourth-order valence-electron chi connectivity index (χ4n) is 1.37. The molecule has 0 aliphatic rings. The van der Waals surface area contributed by atoms with E-state index < -0.39 is 5.97 Å². The summed E-state index contributed by atoms with van der Waals surface area (Å²) in [7, 11) is 0. The highest BCUT2D eigenvalue weighted by Gasteiger charge is 2.18. The lowest BCUT2D eigenvalue weighted by Crippen LogP contribution is -2.02. The Morgan fingerprint density at radius 2 is 2.29 bits per heavy atom. The van der Waals surface area contributed by atoms with Gasteiger partial charge in [0, 0.05) is 0 Å². The predicted molar refractivity (Wildman–Crippen MR) is 62.3 cm³/mol. The number of aromatic hydroxyl groups is 1. The Morgan fingerprint density at radius 1 is 1.53 bits per heavy atom. The molecule has 2 N–H and O–H groups in total. The molecule has 0 amide bonds. The third-order valence-corrected chi connectivity index (χ3v) is 2.90. The zero-order chi connectivity index (χ0) is 12.4. The predicted octanol–water partition coefficient (Wildman–Crippen LogP) is 2.47. The number of carboxylic acid groups (broad SMARTS) is 1. The molecule has 88 valence electrons. The van der Waals surface area contributed by atoms with Gasteiger partial charge in [0.2, 0.25) is 0 Å². The maximum atomic E-state index is 10.9. The summed E-state index contributed by atoms with van der Waals surface area (Å²) >= 11 is 1.24. The summed E-state index contributed by atoms with van der Waals surface area (Å²) in [6.07, 6.45) is 3.22. The summed E-state index contributed by atoms with van der Waals surface area (Å²) < 4.78 is 5.15. The van der Waals surface area contributed by atoms with Crippen LogP contribution in [0.2, 0.25) is 0 Å². The lowest BCUT2D eigenvalue weighted by molar-refractivity contribution is 0.0686. The normalized spacial score (nSPS) is 10.4. The number of furan rings is 1. The van der Waals surface area contributed by atoms with E-state index in [4.69, 9.17) is 9.52 Å². The highest BCUT2D eigenvalue weighted by Crippen LogP contribution is 2.33. The number of hydrogen-bond acceptors (Lipinski definition) is 5. The van der Waals surface area contributed by atoms with E-state index in [-0.39, 0.29) is 11.4 Å². The van der Waals surface area contributed by atoms with Gasteiger partial charge in [-0.3, -0.25) is 0 Å². The van der Waals surface area contributed by atoms with Crippen LogP contribution in [0.5, 0.6) is 5.75 Å². The van der Waals surface area contributed by atoms with Gasteiger partial charge in [-0.25, -0.2) is 9.78 Å². The van der Waals surface area contributed by atoms with Gasteiger partial charge >= 0.3 is 5.97 Å². The molecule has 0 unspecified atom stereocenters. The first-order chi connectivity index (χ1) is 8.13. The Labute approximate surface area is 101 Å². The molecule has 2 aromatic heterocycles. The largest absolute Gasteiger partial charge is 0.504 e. The molecule has 2 rings (SSSR count). The zero-order valence-electron chi connectivity index (χ0n) is 8.88. The number of aromatic nitrogens is 1. The molecule has 6 heteroatoms. The molecule has 17 heavy (non-hydrogen) atoms. The first-order valence-electron chi connectivity index (χ1n) is 4.68. The van der Waals surface area contributed by atoms with E-state index in [2.05, 4.69) is 4.98 Å². The van der Waals surface area contributed by atoms with Crippen LogP contribution < -0.4 is 0 Å². The van der Waals surface area contributed by atoms with E-state index in [1.54, 1.807) is 24.5 Å². The molecule has 0 radical (unpaired) electrons. The fourth-order valence-corrected chi connectivity index (χ4v) is 1.89. The second-order valence-electron chi connectivity index (χ2n) is 3.19. The Morgan fingerprint density at radius 3 is 2.82 bits per heavy atom. The van der Waals surface area contributed by atoms with Crippen LogP contribution in [0.4, 0.5) is 0 Å². The van der Waals surface area contributed by atoms with Crippen LogP contribution in [0.15, 0.2) is 33.8 Å². The van der Waals surface area contributed by atoms with Crippen molar-refractivity contribution in [2.45, 2.75) is 4.90 Å². The number of rotatable bonds is 3. The van der Waals surface area contributed by atoms with Crippen molar-refractivity contribution >= 4 is 17.7 Å². The standard InChI is InChI=1S/C11H9NO4S/c1-17-8-5-6(7-3-2-4-16-7)12-9(10(8)13)11(14)15/h2-5,13H,1H3,(H,14,15). The first kappa shape index (κ1) is 11.5. The molecule has 2 aromatic rings. The number of thioether (sulfide) groups is 1. The summed E-state index contributed by atoms with van der Waals surface area (Å²) in [5.41, 5.74) is 0.0119. The van der Waals surface area contributed by atoms with Gasteiger partial charge in [0.1, 0.15) is 5.69 Å². The molecule has 0 saturated heterocycles. The van der Waals surface area contributed by atoms with Crippen LogP contribution in [-0.4, -0.2) is 27.4 Å². The molecule has 0 aliphatic carbocycles. The fraction of sp³-hybridized carbons (Fsp3) is 0.0909. The maximum Gasteiger partial charge on any atom is 0.358 e. The van der Waals surface area contributed by atoms with Gasteiger partial charge in [-0.2, -0.15) is 0 Å². The van der Waals surface area contributed by atoms with Crippen LogP contribution >= 0.6 is 11.8 Å². The SMILES string of the molecule is CSc1cc(-c2ccco2)nc(C(=O)O)c1O. The molecule has 5 nitrogen and oxygen atoms in total. The van der Waals surface area contributed by atoms with Crippen LogP contribution in [0.1, 0.15) is 10.5 Å². The smallest absolute Gasteiger partial charge is 0.358 e. The number of aromatic carboxylic acids is 1. The summed E-state index contributed by atoms with van der Waals surface area (Å²) in [6.45, 7) is 0. The lowest BCUT2D eigenvalue weighted by atomic mass is 10.2. The summed E-state index contributed by atoms with van der Waals surface area (Å²) in [5.74, 6) is -1.13. The molecule has 0 aliphatic heterocycles. The van der Waals surface area contributed by atoms with Crippen molar-refractivity contribution < 1.29 is 19.4 Å². The second kappa shape index (κ2) is 4.50. The van der Waals surface area contributed by atoms with E-state index in [0.29, 0.717) is 16.3 Å². The van der Waals surface area contributed by atoms with Gasteiger partial charge in [0.05, 0.1) is 11.2 Å². The number of carbonyl (C=O) groups is 1. The number of pyridine rings is 1. The molecule has 0 atom stereocenters. The average molecular weight is 251 g/mol. The van der Waals surface area contributed by atoms with Crippen LogP contribution in [-0.2, 0) is 0 Å². The van der Waals surface area contributed by atoms with Crippen molar-refractivity contribution in [3.05, 3.63) is 30.2 Å². The van der Waals surface area contributed by atoms with Crippen molar-refractivity contribution in [2.24, 2.45) is 0 Å². The Bertz CT molecular complexity index is 551. The first-order valence-corrected chi connectivity index (χ1v) is 5.91. The molecule has 0 aromatic carbocycles. The molecule has 0 bridgehead atoms. The monoisotopic (exact) mass is 251 g/mol. The Balaban J connectivity index is 2.63. The van der Waals surface area contributed by atoms with Crippen molar-refractivity contribution in [3.8, 4) is 17.2 Å². The van der Waals surface area contributed by atoms with E-state index in [9.17, 15) is 9.90 Å². The van der Waals surface area contributed by atoms with Crippen LogP contribution in [0, 0.1) is 0 Å². The molecular formula is C11H9NO4S. The Kier molecular flexibility index (Phi) is 3.06. The average Bonchev–Trinajstić information content (AvgIpc) is 2.82. The highest BCUT2D eigenvalue weighted by atomic mass is 32.2. The third kappa shape index (κ3) is 2.12. The third-order valence-electron chi connectivity index (χ3n) is 2.15. The van der Waals surface area contributed by atoms with Gasteiger partial charge < -0.3 is 14.6 Å². The van der Waals surface area contributed by atoms with Gasteiger partial charge in [0.25, 0.3) is 0 Å². The van der Waals surface area contributed by atoms with Crippen LogP contribution in [0.3, 0.4) is 0 Å². The van der Waals surface area contributed by atoms with Crippen molar-refractivity contribution in [1.82, 2.24) is 4.98 Å². The Hall–Kier alpha value is -1.95. The van der Waals surface area contributed by atoms with Gasteiger partial charge in [-0.15, -0.1) is 11.8 Å². The van der Waals surface area contributed by atoms with Gasteiger partial charge in [-0.1, -0.05) is 0 Å². The minimum absolute atomic E-state index is 0.319. The molecule has 0 saturated carbocycles. The quantitative estimate of drug-likeness (QED) is 0.815. The van der Waals surface area contributed by atoms with Crippen molar-refractivity contribution in [3.63, 3.8) is 0 Å². The van der Waals surface area contributed by atoms with E-state index in [0.717, 1.165) is 0 Å². The minimum Gasteiger partial charge on any atom is -0.504 e. The summed E-state index contributed by atoms with van der Waals surface area (Å²) in [6, 6.07) is 4.95.